The van der Waals surface area contributed by atoms with Crippen molar-refractivity contribution in [1.29, 1.82) is 0 Å². The Morgan fingerprint density at radius 1 is 1.62 bits per heavy atom. The van der Waals surface area contributed by atoms with Crippen molar-refractivity contribution in [2.24, 2.45) is 0 Å². The van der Waals surface area contributed by atoms with Gasteiger partial charge in [-0.3, -0.25) is 0 Å². The van der Waals surface area contributed by atoms with Gasteiger partial charge in [-0.25, -0.2) is 4.39 Å². The van der Waals surface area contributed by atoms with Crippen LogP contribution in [0.1, 0.15) is 18.1 Å². The first-order valence-electron chi connectivity index (χ1n) is 3.89. The van der Waals surface area contributed by atoms with Crippen LogP contribution in [0.25, 0.3) is 0 Å². The highest BCUT2D eigenvalue weighted by atomic mass is 79.9. The van der Waals surface area contributed by atoms with Gasteiger partial charge in [-0.2, -0.15) is 0 Å². The smallest absolute Gasteiger partial charge is 0.130 e. The van der Waals surface area contributed by atoms with Gasteiger partial charge in [0.15, 0.2) is 0 Å². The fourth-order valence-corrected chi connectivity index (χ4v) is 1.71. The van der Waals surface area contributed by atoms with Crippen molar-refractivity contribution in [1.82, 2.24) is 0 Å². The van der Waals surface area contributed by atoms with Gasteiger partial charge in [0.25, 0.3) is 0 Å². The summed E-state index contributed by atoms with van der Waals surface area (Å²) in [6.07, 6.45) is 1.08. The second kappa shape index (κ2) is 4.53. The van der Waals surface area contributed by atoms with E-state index in [-0.39, 0.29) is 0 Å². The van der Waals surface area contributed by atoms with Crippen molar-refractivity contribution in [3.63, 3.8) is 0 Å². The second-order valence-corrected chi connectivity index (χ2v) is 3.53. The average Bonchev–Trinajstić information content (AvgIpc) is 2.04. The van der Waals surface area contributed by atoms with Crippen LogP contribution in [0.3, 0.4) is 0 Å². The topological polar surface area (TPSA) is 20.2 Å². The van der Waals surface area contributed by atoms with Crippen LogP contribution in [0.4, 0.5) is 4.39 Å². The van der Waals surface area contributed by atoms with Crippen molar-refractivity contribution >= 4 is 15.9 Å². The summed E-state index contributed by atoms with van der Waals surface area (Å²) in [7, 11) is 0. The molecular weight excluding hydrogens is 235 g/mol. The molecule has 1 atom stereocenters. The van der Waals surface area contributed by atoms with E-state index in [1.807, 2.05) is 0 Å². The molecule has 3 heteroatoms. The van der Waals surface area contributed by atoms with E-state index in [2.05, 4.69) is 22.5 Å². The van der Waals surface area contributed by atoms with Crippen molar-refractivity contribution in [2.75, 3.05) is 0 Å². The lowest BCUT2D eigenvalue weighted by Crippen LogP contribution is -2.00. The van der Waals surface area contributed by atoms with Crippen LogP contribution in [0, 0.1) is 5.82 Å². The lowest BCUT2D eigenvalue weighted by molar-refractivity contribution is 0.176. The Labute approximate surface area is 85.0 Å². The largest absolute Gasteiger partial charge is 0.388 e. The number of benzene rings is 1. The van der Waals surface area contributed by atoms with E-state index in [9.17, 15) is 9.50 Å². The summed E-state index contributed by atoms with van der Waals surface area (Å²) in [5.41, 5.74) is 0.294. The molecule has 0 heterocycles. The van der Waals surface area contributed by atoms with E-state index in [0.717, 1.165) is 0 Å². The number of aliphatic hydroxyl groups excluding tert-OH is 1. The molecule has 0 saturated carbocycles. The predicted octanol–water partition coefficient (Wildman–Crippen LogP) is 3.20. The molecule has 0 aliphatic rings. The summed E-state index contributed by atoms with van der Waals surface area (Å²) in [5.74, 6) is -0.399. The molecular formula is C10H10BrFO. The normalized spacial score (nSPS) is 12.5. The van der Waals surface area contributed by atoms with E-state index in [4.69, 9.17) is 0 Å². The standard InChI is InChI=1S/C10H10BrFO/c1-2-4-9(13)10-7(11)5-3-6-8(10)12/h2-3,5-6,9,13H,1,4H2/t9-/m1/s1. The maximum atomic E-state index is 13.2. The lowest BCUT2D eigenvalue weighted by atomic mass is 10.1. The Bertz CT molecular complexity index is 292. The number of hydrogen-bond donors (Lipinski definition) is 1. The predicted molar refractivity (Wildman–Crippen MR) is 53.9 cm³/mol. The van der Waals surface area contributed by atoms with Crippen LogP contribution in [0.2, 0.25) is 0 Å². The Balaban J connectivity index is 3.04. The van der Waals surface area contributed by atoms with Crippen LogP contribution in [0.5, 0.6) is 0 Å². The zero-order valence-corrected chi connectivity index (χ0v) is 8.59. The highest BCUT2D eigenvalue weighted by molar-refractivity contribution is 9.10. The first-order valence-corrected chi connectivity index (χ1v) is 4.69. The summed E-state index contributed by atoms with van der Waals surface area (Å²) in [6, 6.07) is 4.61. The van der Waals surface area contributed by atoms with E-state index >= 15 is 0 Å². The molecule has 1 nitrogen and oxygen atoms in total. The summed E-state index contributed by atoms with van der Waals surface area (Å²) >= 11 is 3.18. The van der Waals surface area contributed by atoms with E-state index in [1.54, 1.807) is 18.2 Å². The van der Waals surface area contributed by atoms with Gasteiger partial charge in [-0.05, 0) is 18.6 Å². The number of halogens is 2. The van der Waals surface area contributed by atoms with Gasteiger partial charge in [-0.1, -0.05) is 28.1 Å². The van der Waals surface area contributed by atoms with Crippen molar-refractivity contribution in [2.45, 2.75) is 12.5 Å². The van der Waals surface area contributed by atoms with E-state index in [1.165, 1.54) is 6.07 Å². The third-order valence-corrected chi connectivity index (χ3v) is 2.41. The molecule has 0 saturated heterocycles. The lowest BCUT2D eigenvalue weighted by Gasteiger charge is -2.11. The van der Waals surface area contributed by atoms with Gasteiger partial charge < -0.3 is 5.11 Å². The average molecular weight is 245 g/mol. The third kappa shape index (κ3) is 2.39. The minimum absolute atomic E-state index is 0.294. The van der Waals surface area contributed by atoms with Gasteiger partial charge in [0, 0.05) is 10.0 Å². The molecule has 70 valence electrons. The minimum atomic E-state index is -0.826. The van der Waals surface area contributed by atoms with Gasteiger partial charge in [0.2, 0.25) is 0 Å². The molecule has 0 aromatic heterocycles. The fourth-order valence-electron chi connectivity index (χ4n) is 1.10. The molecule has 1 aromatic rings. The Morgan fingerprint density at radius 3 is 2.85 bits per heavy atom. The summed E-state index contributed by atoms with van der Waals surface area (Å²) in [6.45, 7) is 3.49. The molecule has 1 rings (SSSR count). The zero-order valence-electron chi connectivity index (χ0n) is 7.00. The quantitative estimate of drug-likeness (QED) is 0.810. The van der Waals surface area contributed by atoms with E-state index < -0.39 is 11.9 Å². The number of hydrogen-bond acceptors (Lipinski definition) is 1. The SMILES string of the molecule is C=CC[C@@H](O)c1c(F)cccc1Br. The van der Waals surface area contributed by atoms with Crippen molar-refractivity contribution in [3.05, 3.63) is 46.7 Å². The first kappa shape index (κ1) is 10.4. The molecule has 0 aliphatic heterocycles. The Kier molecular flexibility index (Phi) is 3.63. The van der Waals surface area contributed by atoms with Crippen molar-refractivity contribution in [3.8, 4) is 0 Å². The second-order valence-electron chi connectivity index (χ2n) is 2.68. The number of aliphatic hydroxyl groups is 1. The van der Waals surface area contributed by atoms with Gasteiger partial charge >= 0.3 is 0 Å². The molecule has 0 aliphatic carbocycles. The number of rotatable bonds is 3. The molecule has 0 fully saturated rings. The zero-order chi connectivity index (χ0) is 9.84. The highest BCUT2D eigenvalue weighted by Crippen LogP contribution is 2.28. The Hall–Kier alpha value is -0.670. The molecule has 1 aromatic carbocycles. The third-order valence-electron chi connectivity index (χ3n) is 1.72. The molecule has 0 spiro atoms. The van der Waals surface area contributed by atoms with Crippen molar-refractivity contribution < 1.29 is 9.50 Å². The van der Waals surface area contributed by atoms with Crippen LogP contribution < -0.4 is 0 Å². The molecule has 0 bridgehead atoms. The fraction of sp³-hybridized carbons (Fsp3) is 0.200. The highest BCUT2D eigenvalue weighted by Gasteiger charge is 2.14. The molecule has 1 N–H and O–H groups in total. The molecule has 0 unspecified atom stereocenters. The van der Waals surface area contributed by atoms with Gasteiger partial charge in [0.05, 0.1) is 6.10 Å². The molecule has 13 heavy (non-hydrogen) atoms. The monoisotopic (exact) mass is 244 g/mol. The summed E-state index contributed by atoms with van der Waals surface area (Å²) in [4.78, 5) is 0. The summed E-state index contributed by atoms with van der Waals surface area (Å²) < 4.78 is 13.8. The maximum Gasteiger partial charge on any atom is 0.130 e. The first-order chi connectivity index (χ1) is 6.16. The van der Waals surface area contributed by atoms with Crippen LogP contribution in [0.15, 0.2) is 35.3 Å². The van der Waals surface area contributed by atoms with Crippen LogP contribution in [-0.4, -0.2) is 5.11 Å². The maximum absolute atomic E-state index is 13.2. The van der Waals surface area contributed by atoms with Gasteiger partial charge in [0.1, 0.15) is 5.82 Å². The van der Waals surface area contributed by atoms with Gasteiger partial charge in [-0.15, -0.1) is 6.58 Å². The van der Waals surface area contributed by atoms with Crippen LogP contribution in [-0.2, 0) is 0 Å². The minimum Gasteiger partial charge on any atom is -0.388 e. The molecule has 0 amide bonds. The molecule has 0 radical (unpaired) electrons. The summed E-state index contributed by atoms with van der Waals surface area (Å²) in [5, 5.41) is 9.54. The van der Waals surface area contributed by atoms with Crippen LogP contribution >= 0.6 is 15.9 Å². The Morgan fingerprint density at radius 2 is 2.31 bits per heavy atom. The van der Waals surface area contributed by atoms with E-state index in [0.29, 0.717) is 16.5 Å².